The first-order chi connectivity index (χ1) is 16.4. The second-order valence-electron chi connectivity index (χ2n) is 8.09. The first-order valence-corrected chi connectivity index (χ1v) is 12.0. The number of nitrogens with one attached hydrogen (secondary N) is 2. The van der Waals surface area contributed by atoms with Crippen LogP contribution in [0.5, 0.6) is 0 Å². The molecule has 0 spiro atoms. The average Bonchev–Trinajstić information content (AvgIpc) is 3.58. The van der Waals surface area contributed by atoms with Gasteiger partial charge in [-0.25, -0.2) is 9.97 Å². The van der Waals surface area contributed by atoms with E-state index in [-0.39, 0.29) is 22.0 Å². The molecule has 3 N–H and O–H groups in total. The largest absolute Gasteiger partial charge is 0.355 e. The summed E-state index contributed by atoms with van der Waals surface area (Å²) in [6.45, 7) is 0. The van der Waals surface area contributed by atoms with Gasteiger partial charge >= 0.3 is 0 Å². The molecule has 9 heteroatoms. The number of H-pyrrole nitrogens is 2. The van der Waals surface area contributed by atoms with Gasteiger partial charge in [0.2, 0.25) is 0 Å². The molecule has 7 nitrogen and oxygen atoms in total. The van der Waals surface area contributed by atoms with Crippen molar-refractivity contribution < 1.29 is 30.0 Å². The van der Waals surface area contributed by atoms with E-state index < -0.39 is 10.1 Å². The molecule has 174 valence electrons. The molecule has 0 fully saturated rings. The third kappa shape index (κ3) is 4.76. The van der Waals surface area contributed by atoms with Crippen LogP contribution in [-0.2, 0) is 27.2 Å². The number of benzene rings is 1. The fourth-order valence-electron chi connectivity index (χ4n) is 4.06. The third-order valence-electron chi connectivity index (χ3n) is 5.63. The van der Waals surface area contributed by atoms with E-state index in [1.54, 1.807) is 12.1 Å². The van der Waals surface area contributed by atoms with Crippen LogP contribution in [0.25, 0.3) is 57.5 Å². The molecule has 0 radical (unpaired) electrons. The average molecular weight is 522 g/mol. The zero-order valence-electron chi connectivity index (χ0n) is 18.1. The van der Waals surface area contributed by atoms with Gasteiger partial charge in [-0.2, -0.15) is 8.42 Å². The molecular formula is C26H18FeN4O3S. The Bertz CT molecular complexity index is 1780. The van der Waals surface area contributed by atoms with Crippen LogP contribution in [0.15, 0.2) is 71.6 Å². The summed E-state index contributed by atoms with van der Waals surface area (Å²) in [7, 11) is -4.26. The van der Waals surface area contributed by atoms with E-state index in [0.29, 0.717) is 0 Å². The van der Waals surface area contributed by atoms with E-state index in [4.69, 9.17) is 4.98 Å². The Morgan fingerprint density at radius 1 is 0.629 bits per heavy atom. The maximum atomic E-state index is 11.4. The minimum atomic E-state index is -4.26. The maximum absolute atomic E-state index is 11.4. The molecule has 8 bridgehead atoms. The first kappa shape index (κ1) is 23.0. The van der Waals surface area contributed by atoms with Crippen LogP contribution < -0.4 is 0 Å². The Balaban J connectivity index is 0.00000253. The Hall–Kier alpha value is -3.75. The predicted molar refractivity (Wildman–Crippen MR) is 134 cm³/mol. The van der Waals surface area contributed by atoms with Crippen molar-refractivity contribution in [3.63, 3.8) is 0 Å². The molecule has 0 saturated heterocycles. The third-order valence-corrected chi connectivity index (χ3v) is 6.50. The molecule has 3 aromatic heterocycles. The van der Waals surface area contributed by atoms with Gasteiger partial charge < -0.3 is 9.97 Å². The molecule has 0 saturated carbocycles. The summed E-state index contributed by atoms with van der Waals surface area (Å²) in [6, 6.07) is 20.0. The normalized spacial score (nSPS) is 12.5. The second kappa shape index (κ2) is 8.79. The zero-order valence-corrected chi connectivity index (χ0v) is 20.0. The van der Waals surface area contributed by atoms with E-state index >= 15 is 0 Å². The number of aromatic amines is 2. The minimum absolute atomic E-state index is 0. The van der Waals surface area contributed by atoms with E-state index in [9.17, 15) is 13.0 Å². The van der Waals surface area contributed by atoms with E-state index in [0.717, 1.165) is 56.0 Å². The molecule has 1 aromatic carbocycles. The van der Waals surface area contributed by atoms with Crippen LogP contribution in [0, 0.1) is 0 Å². The smallest absolute Gasteiger partial charge is 0.294 e. The summed E-state index contributed by atoms with van der Waals surface area (Å²) in [5.41, 5.74) is 8.52. The van der Waals surface area contributed by atoms with Gasteiger partial charge in [-0.05, 0) is 84.5 Å². The molecule has 5 heterocycles. The molecule has 2 aliphatic rings. The molecule has 0 amide bonds. The van der Waals surface area contributed by atoms with Crippen LogP contribution in [0.1, 0.15) is 22.8 Å². The Kier molecular flexibility index (Phi) is 5.78. The minimum Gasteiger partial charge on any atom is -0.355 e. The molecule has 4 aromatic rings. The van der Waals surface area contributed by atoms with E-state index in [1.807, 2.05) is 66.8 Å². The summed E-state index contributed by atoms with van der Waals surface area (Å²) in [5, 5.41) is 0. The first-order valence-electron chi connectivity index (χ1n) is 10.6. The predicted octanol–water partition coefficient (Wildman–Crippen LogP) is 5.57. The van der Waals surface area contributed by atoms with Gasteiger partial charge in [-0.15, -0.1) is 0 Å². The van der Waals surface area contributed by atoms with E-state index in [2.05, 4.69) is 15.0 Å². The van der Waals surface area contributed by atoms with Crippen molar-refractivity contribution in [2.75, 3.05) is 0 Å². The topological polar surface area (TPSA) is 112 Å². The van der Waals surface area contributed by atoms with Crippen molar-refractivity contribution in [3.05, 3.63) is 89.5 Å². The number of hydrogen-bond acceptors (Lipinski definition) is 4. The van der Waals surface area contributed by atoms with Crippen LogP contribution >= 0.6 is 0 Å². The van der Waals surface area contributed by atoms with Crippen molar-refractivity contribution in [1.29, 1.82) is 0 Å². The molecule has 35 heavy (non-hydrogen) atoms. The fourth-order valence-corrected chi connectivity index (χ4v) is 4.54. The summed E-state index contributed by atoms with van der Waals surface area (Å²) in [5.74, 6) is 0. The fraction of sp³-hybridized carbons (Fsp3) is 0. The van der Waals surface area contributed by atoms with Gasteiger partial charge in [0.25, 0.3) is 10.1 Å². The van der Waals surface area contributed by atoms with Crippen LogP contribution in [-0.4, -0.2) is 32.9 Å². The van der Waals surface area contributed by atoms with Crippen molar-refractivity contribution >= 4 is 56.5 Å². The number of fused-ring (bicyclic) bond motifs is 8. The number of nitrogens with zero attached hydrogens (tertiary/aromatic N) is 2. The van der Waals surface area contributed by atoms with Crippen molar-refractivity contribution in [1.82, 2.24) is 19.9 Å². The molecule has 6 rings (SSSR count). The van der Waals surface area contributed by atoms with Crippen molar-refractivity contribution in [3.8, 4) is 11.1 Å². The molecule has 0 unspecified atom stereocenters. The number of rotatable bonds is 2. The van der Waals surface area contributed by atoms with E-state index in [1.165, 1.54) is 12.1 Å². The standard InChI is InChI=1S/C26H18N4O3S.Fe/c31-34(32,33)24-9-1-16(2-10-24)25-14-23-13-21-6-5-19(28-21)11-17-3-4-18(27-17)12-20-7-8-22(29-20)15-26(25)30-23;/h1-15,27,30H,(H,31,32,33);. The SMILES string of the molecule is O=S(=O)(O)c1ccc(-c2cc3cc4nc(cc5ccc(cc6nc(cc2[nH]3)C=C6)[nH]5)C=C4)cc1.[Fe]. The van der Waals surface area contributed by atoms with Crippen molar-refractivity contribution in [2.24, 2.45) is 0 Å². The Morgan fingerprint density at radius 2 is 1.14 bits per heavy atom. The van der Waals surface area contributed by atoms with Crippen LogP contribution in [0.4, 0.5) is 0 Å². The maximum Gasteiger partial charge on any atom is 0.294 e. The summed E-state index contributed by atoms with van der Waals surface area (Å²) in [4.78, 5) is 16.0. The van der Waals surface area contributed by atoms with Gasteiger partial charge in [0, 0.05) is 44.7 Å². The molecule has 0 atom stereocenters. The van der Waals surface area contributed by atoms with Crippen LogP contribution in [0.2, 0.25) is 0 Å². The Morgan fingerprint density at radius 3 is 1.69 bits per heavy atom. The van der Waals surface area contributed by atoms with Crippen molar-refractivity contribution in [2.45, 2.75) is 4.90 Å². The molecule has 2 aliphatic heterocycles. The number of hydrogen-bond donors (Lipinski definition) is 3. The summed E-state index contributed by atoms with van der Waals surface area (Å²) >= 11 is 0. The van der Waals surface area contributed by atoms with Crippen LogP contribution in [0.3, 0.4) is 0 Å². The second-order valence-corrected chi connectivity index (χ2v) is 9.51. The van der Waals surface area contributed by atoms with Gasteiger partial charge in [0.15, 0.2) is 0 Å². The van der Waals surface area contributed by atoms with Gasteiger partial charge in [-0.3, -0.25) is 4.55 Å². The monoisotopic (exact) mass is 522 g/mol. The van der Waals surface area contributed by atoms with Gasteiger partial charge in [-0.1, -0.05) is 12.1 Å². The zero-order chi connectivity index (χ0) is 23.3. The van der Waals surface area contributed by atoms with Gasteiger partial charge in [0.05, 0.1) is 27.7 Å². The summed E-state index contributed by atoms with van der Waals surface area (Å²) < 4.78 is 32.2. The molecule has 0 aliphatic carbocycles. The Labute approximate surface area is 211 Å². The summed E-state index contributed by atoms with van der Waals surface area (Å²) in [6.07, 6.45) is 7.81. The van der Waals surface area contributed by atoms with Gasteiger partial charge in [0.1, 0.15) is 0 Å². The number of aromatic nitrogens is 4. The molecular weight excluding hydrogens is 504 g/mol. The quantitative estimate of drug-likeness (QED) is 0.204.